The lowest BCUT2D eigenvalue weighted by Gasteiger charge is -2.12. The summed E-state index contributed by atoms with van der Waals surface area (Å²) in [5, 5.41) is 22.2. The van der Waals surface area contributed by atoms with Gasteiger partial charge in [-0.25, -0.2) is 9.67 Å². The number of hydrogen-bond donors (Lipinski definition) is 1. The number of phenols is 1. The van der Waals surface area contributed by atoms with Gasteiger partial charge in [0.15, 0.2) is 5.75 Å². The number of phenolic OH excluding ortho intramolecular Hbond substituents is 1. The van der Waals surface area contributed by atoms with E-state index in [4.69, 9.17) is 5.26 Å². The van der Waals surface area contributed by atoms with E-state index in [0.29, 0.717) is 11.9 Å². The lowest BCUT2D eigenvalue weighted by Crippen LogP contribution is -2.08. The van der Waals surface area contributed by atoms with Crippen molar-refractivity contribution in [2.24, 2.45) is 0 Å². The normalized spacial score (nSPS) is 11.3. The lowest BCUT2D eigenvalue weighted by atomic mass is 10.1. The van der Waals surface area contributed by atoms with Crippen LogP contribution < -0.4 is 0 Å². The second-order valence-electron chi connectivity index (χ2n) is 3.74. The lowest BCUT2D eigenvalue weighted by molar-refractivity contribution is -0.138. The van der Waals surface area contributed by atoms with Gasteiger partial charge in [-0.2, -0.15) is 23.5 Å². The molecule has 98 valence electrons. The fourth-order valence-electron chi connectivity index (χ4n) is 1.54. The number of aryl methyl sites for hydroxylation is 1. The number of benzene rings is 1. The van der Waals surface area contributed by atoms with E-state index in [1.165, 1.54) is 0 Å². The Hall–Kier alpha value is -2.56. The van der Waals surface area contributed by atoms with Gasteiger partial charge in [0.25, 0.3) is 0 Å². The van der Waals surface area contributed by atoms with Crippen LogP contribution in [0.3, 0.4) is 0 Å². The number of hydrogen-bond acceptors (Lipinski definition) is 4. The van der Waals surface area contributed by atoms with Crippen LogP contribution in [0.25, 0.3) is 5.69 Å². The van der Waals surface area contributed by atoms with Gasteiger partial charge in [0.05, 0.1) is 11.6 Å². The molecule has 5 nitrogen and oxygen atoms in total. The zero-order chi connectivity index (χ0) is 14.2. The summed E-state index contributed by atoms with van der Waals surface area (Å²) >= 11 is 0. The Kier molecular flexibility index (Phi) is 2.90. The fraction of sp³-hybridized carbons (Fsp3) is 0.182. The molecule has 19 heavy (non-hydrogen) atoms. The van der Waals surface area contributed by atoms with E-state index in [1.54, 1.807) is 13.0 Å². The minimum atomic E-state index is -4.76. The van der Waals surface area contributed by atoms with Crippen molar-refractivity contribution in [1.82, 2.24) is 14.8 Å². The smallest absolute Gasteiger partial charge is 0.420 e. The molecule has 0 fully saturated rings. The summed E-state index contributed by atoms with van der Waals surface area (Å²) in [6, 6.07) is 3.31. The van der Waals surface area contributed by atoms with Crippen molar-refractivity contribution in [3.8, 4) is 17.5 Å². The van der Waals surface area contributed by atoms with Crippen LogP contribution in [0, 0.1) is 18.3 Å². The van der Waals surface area contributed by atoms with E-state index >= 15 is 0 Å². The van der Waals surface area contributed by atoms with Gasteiger partial charge in [-0.15, -0.1) is 0 Å². The Balaban J connectivity index is 2.71. The third-order valence-electron chi connectivity index (χ3n) is 2.38. The molecule has 0 amide bonds. The van der Waals surface area contributed by atoms with Crippen LogP contribution in [0.2, 0.25) is 0 Å². The van der Waals surface area contributed by atoms with Crippen LogP contribution in [0.15, 0.2) is 18.5 Å². The Morgan fingerprint density at radius 3 is 2.53 bits per heavy atom. The van der Waals surface area contributed by atoms with Crippen molar-refractivity contribution >= 4 is 0 Å². The predicted octanol–water partition coefficient (Wildman–Crippen LogP) is 2.17. The molecular formula is C11H7F3N4O. The number of halogens is 3. The highest BCUT2D eigenvalue weighted by Crippen LogP contribution is 2.39. The monoisotopic (exact) mass is 268 g/mol. The van der Waals surface area contributed by atoms with E-state index in [0.717, 1.165) is 17.1 Å². The van der Waals surface area contributed by atoms with Gasteiger partial charge in [0, 0.05) is 0 Å². The maximum absolute atomic E-state index is 12.8. The quantitative estimate of drug-likeness (QED) is 0.860. The zero-order valence-electron chi connectivity index (χ0n) is 9.60. The molecule has 0 aliphatic heterocycles. The summed E-state index contributed by atoms with van der Waals surface area (Å²) < 4.78 is 39.2. The van der Waals surface area contributed by atoms with Gasteiger partial charge in [-0.05, 0) is 19.1 Å². The van der Waals surface area contributed by atoms with Gasteiger partial charge in [0.2, 0.25) is 0 Å². The molecule has 0 saturated carbocycles. The maximum atomic E-state index is 12.8. The minimum absolute atomic E-state index is 0.228. The van der Waals surface area contributed by atoms with Crippen molar-refractivity contribution in [3.63, 3.8) is 0 Å². The first-order chi connectivity index (χ1) is 8.82. The third-order valence-corrected chi connectivity index (χ3v) is 2.38. The fourth-order valence-corrected chi connectivity index (χ4v) is 1.54. The number of rotatable bonds is 1. The number of nitriles is 1. The molecule has 0 aliphatic rings. The summed E-state index contributed by atoms with van der Waals surface area (Å²) in [6.07, 6.45) is -3.60. The van der Waals surface area contributed by atoms with E-state index in [2.05, 4.69) is 10.1 Å². The summed E-state index contributed by atoms with van der Waals surface area (Å²) in [7, 11) is 0. The van der Waals surface area contributed by atoms with Crippen LogP contribution in [0.4, 0.5) is 13.2 Å². The Morgan fingerprint density at radius 2 is 2.05 bits per heavy atom. The van der Waals surface area contributed by atoms with Crippen molar-refractivity contribution in [1.29, 1.82) is 5.26 Å². The summed E-state index contributed by atoms with van der Waals surface area (Å²) in [6.45, 7) is 1.55. The SMILES string of the molecule is Cc1ncn(-c2cc(C#N)cc(C(F)(F)F)c2O)n1. The number of nitrogens with zero attached hydrogens (tertiary/aromatic N) is 4. The molecule has 8 heteroatoms. The molecule has 0 aliphatic carbocycles. The summed E-state index contributed by atoms with van der Waals surface area (Å²) in [5.41, 5.74) is -1.75. The number of aromatic hydroxyl groups is 1. The van der Waals surface area contributed by atoms with Crippen LogP contribution in [0.5, 0.6) is 5.75 Å². The first-order valence-electron chi connectivity index (χ1n) is 5.06. The number of alkyl halides is 3. The number of aromatic nitrogens is 3. The van der Waals surface area contributed by atoms with Crippen molar-refractivity contribution < 1.29 is 18.3 Å². The average molecular weight is 268 g/mol. The molecule has 2 rings (SSSR count). The molecule has 2 aromatic rings. The Labute approximate surface area is 105 Å². The van der Waals surface area contributed by atoms with E-state index in [9.17, 15) is 18.3 Å². The summed E-state index contributed by atoms with van der Waals surface area (Å²) in [4.78, 5) is 3.76. The van der Waals surface area contributed by atoms with Gasteiger partial charge < -0.3 is 5.11 Å². The third kappa shape index (κ3) is 2.35. The zero-order valence-corrected chi connectivity index (χ0v) is 9.60. The van der Waals surface area contributed by atoms with Crippen molar-refractivity contribution in [3.05, 3.63) is 35.4 Å². The first kappa shape index (κ1) is 12.9. The minimum Gasteiger partial charge on any atom is -0.505 e. The molecular weight excluding hydrogens is 261 g/mol. The van der Waals surface area contributed by atoms with Gasteiger partial charge in [-0.3, -0.25) is 0 Å². The molecule has 1 heterocycles. The molecule has 0 bridgehead atoms. The van der Waals surface area contributed by atoms with E-state index < -0.39 is 17.5 Å². The largest absolute Gasteiger partial charge is 0.505 e. The molecule has 0 unspecified atom stereocenters. The molecule has 1 aromatic carbocycles. The van der Waals surface area contributed by atoms with Crippen molar-refractivity contribution in [2.45, 2.75) is 13.1 Å². The second-order valence-corrected chi connectivity index (χ2v) is 3.74. The average Bonchev–Trinajstić information content (AvgIpc) is 2.74. The van der Waals surface area contributed by atoms with Crippen LogP contribution in [-0.2, 0) is 6.18 Å². The maximum Gasteiger partial charge on any atom is 0.420 e. The van der Waals surface area contributed by atoms with Crippen LogP contribution >= 0.6 is 0 Å². The predicted molar refractivity (Wildman–Crippen MR) is 57.5 cm³/mol. The second kappa shape index (κ2) is 4.28. The molecule has 1 N–H and O–H groups in total. The summed E-state index contributed by atoms with van der Waals surface area (Å²) in [5.74, 6) is -0.660. The topological polar surface area (TPSA) is 74.7 Å². The molecule has 0 spiro atoms. The van der Waals surface area contributed by atoms with Crippen LogP contribution in [0.1, 0.15) is 17.0 Å². The van der Waals surface area contributed by atoms with Gasteiger partial charge >= 0.3 is 6.18 Å². The standard InChI is InChI=1S/C11H7F3N4O/c1-6-16-5-18(17-6)9-3-7(4-15)2-8(10(9)19)11(12,13)14/h2-3,5,19H,1H3. The molecule has 1 aromatic heterocycles. The molecule has 0 atom stereocenters. The van der Waals surface area contributed by atoms with E-state index in [-0.39, 0.29) is 11.3 Å². The molecule has 0 saturated heterocycles. The highest BCUT2D eigenvalue weighted by molar-refractivity contribution is 5.56. The Bertz CT molecular complexity index is 670. The van der Waals surface area contributed by atoms with Gasteiger partial charge in [0.1, 0.15) is 23.4 Å². The highest BCUT2D eigenvalue weighted by Gasteiger charge is 2.36. The Morgan fingerprint density at radius 1 is 1.37 bits per heavy atom. The van der Waals surface area contributed by atoms with Crippen molar-refractivity contribution in [2.75, 3.05) is 0 Å². The highest BCUT2D eigenvalue weighted by atomic mass is 19.4. The molecule has 0 radical (unpaired) electrons. The van der Waals surface area contributed by atoms with Crippen LogP contribution in [-0.4, -0.2) is 19.9 Å². The van der Waals surface area contributed by atoms with Gasteiger partial charge in [-0.1, -0.05) is 0 Å². The van der Waals surface area contributed by atoms with E-state index in [1.807, 2.05) is 0 Å². The first-order valence-corrected chi connectivity index (χ1v) is 5.06.